The molecule has 0 amide bonds. The van der Waals surface area contributed by atoms with Gasteiger partial charge in [-0.15, -0.1) is 0 Å². The predicted octanol–water partition coefficient (Wildman–Crippen LogP) is 4.56. The fourth-order valence-electron chi connectivity index (χ4n) is 2.14. The zero-order valence-electron chi connectivity index (χ0n) is 12.7. The number of hydrogen-bond donors (Lipinski definition) is 2. The maximum atomic E-state index is 14.4. The van der Waals surface area contributed by atoms with E-state index in [1.54, 1.807) is 10.8 Å². The van der Waals surface area contributed by atoms with Crippen molar-refractivity contribution in [3.8, 4) is 11.3 Å². The standard InChI is InChI=1S/C16H18ClFN4/c1-9(2)22-8-13(10(3)4-5-19)16(21-22)12-6-11(17)7-14(20)15(12)18/h4-9,19H,20H2,1-3H3. The molecule has 0 aliphatic rings. The van der Waals surface area contributed by atoms with Crippen molar-refractivity contribution >= 4 is 29.1 Å². The first kappa shape index (κ1) is 16.2. The van der Waals surface area contributed by atoms with E-state index in [4.69, 9.17) is 22.7 Å². The van der Waals surface area contributed by atoms with Gasteiger partial charge in [-0.1, -0.05) is 11.6 Å². The molecule has 1 heterocycles. The van der Waals surface area contributed by atoms with Crippen molar-refractivity contribution in [1.29, 1.82) is 5.41 Å². The van der Waals surface area contributed by atoms with Crippen molar-refractivity contribution < 1.29 is 4.39 Å². The normalized spacial score (nSPS) is 12.0. The van der Waals surface area contributed by atoms with Crippen molar-refractivity contribution in [3.05, 3.63) is 40.8 Å². The van der Waals surface area contributed by atoms with Crippen LogP contribution in [0, 0.1) is 11.2 Å². The number of benzene rings is 1. The monoisotopic (exact) mass is 320 g/mol. The zero-order valence-corrected chi connectivity index (χ0v) is 13.4. The van der Waals surface area contributed by atoms with Gasteiger partial charge in [-0.3, -0.25) is 4.68 Å². The third-order valence-corrected chi connectivity index (χ3v) is 3.56. The summed E-state index contributed by atoms with van der Waals surface area (Å²) in [5.74, 6) is -0.540. The molecule has 0 bridgehead atoms. The molecule has 0 saturated heterocycles. The predicted molar refractivity (Wildman–Crippen MR) is 89.9 cm³/mol. The Bertz CT molecular complexity index is 747. The van der Waals surface area contributed by atoms with Gasteiger partial charge in [-0.05, 0) is 44.6 Å². The van der Waals surface area contributed by atoms with Gasteiger partial charge in [0.05, 0.1) is 5.69 Å². The van der Waals surface area contributed by atoms with E-state index in [1.165, 1.54) is 18.3 Å². The summed E-state index contributed by atoms with van der Waals surface area (Å²) in [6, 6.07) is 3.01. The summed E-state index contributed by atoms with van der Waals surface area (Å²) in [6.07, 6.45) is 4.66. The molecule has 2 aromatic rings. The second-order valence-electron chi connectivity index (χ2n) is 5.34. The summed E-state index contributed by atoms with van der Waals surface area (Å²) >= 11 is 6.00. The average molecular weight is 321 g/mol. The van der Waals surface area contributed by atoms with Crippen LogP contribution in [0.4, 0.5) is 10.1 Å². The number of nitrogens with zero attached hydrogens (tertiary/aromatic N) is 2. The van der Waals surface area contributed by atoms with E-state index in [1.807, 2.05) is 27.0 Å². The van der Waals surface area contributed by atoms with Crippen LogP contribution in [0.25, 0.3) is 16.8 Å². The Kier molecular flexibility index (Phi) is 4.66. The Morgan fingerprint density at radius 2 is 2.14 bits per heavy atom. The number of nitrogens with two attached hydrogens (primary N) is 1. The molecule has 116 valence electrons. The first-order valence-electron chi connectivity index (χ1n) is 6.87. The molecule has 1 aromatic heterocycles. The summed E-state index contributed by atoms with van der Waals surface area (Å²) in [7, 11) is 0. The molecule has 0 spiro atoms. The average Bonchev–Trinajstić information content (AvgIpc) is 2.88. The van der Waals surface area contributed by atoms with Crippen LogP contribution in [0.2, 0.25) is 5.02 Å². The van der Waals surface area contributed by atoms with Crippen LogP contribution in [0.5, 0.6) is 0 Å². The van der Waals surface area contributed by atoms with Gasteiger partial charge >= 0.3 is 0 Å². The maximum Gasteiger partial charge on any atom is 0.155 e. The Hall–Kier alpha value is -2.14. The molecule has 0 aliphatic carbocycles. The van der Waals surface area contributed by atoms with Crippen LogP contribution in [0.15, 0.2) is 24.4 Å². The fraction of sp³-hybridized carbons (Fsp3) is 0.250. The first-order chi connectivity index (χ1) is 10.3. The Morgan fingerprint density at radius 3 is 2.73 bits per heavy atom. The number of aromatic nitrogens is 2. The molecule has 2 rings (SSSR count). The third kappa shape index (κ3) is 3.04. The van der Waals surface area contributed by atoms with Crippen LogP contribution in [-0.2, 0) is 0 Å². The highest BCUT2D eigenvalue weighted by molar-refractivity contribution is 6.31. The van der Waals surface area contributed by atoms with E-state index in [0.717, 1.165) is 11.1 Å². The van der Waals surface area contributed by atoms with E-state index in [2.05, 4.69) is 5.10 Å². The second kappa shape index (κ2) is 6.32. The molecule has 0 saturated carbocycles. The maximum absolute atomic E-state index is 14.4. The smallest absolute Gasteiger partial charge is 0.155 e. The van der Waals surface area contributed by atoms with Crippen LogP contribution < -0.4 is 5.73 Å². The molecule has 0 unspecified atom stereocenters. The molecule has 0 aliphatic heterocycles. The van der Waals surface area contributed by atoms with Crippen LogP contribution in [0.3, 0.4) is 0 Å². The summed E-state index contributed by atoms with van der Waals surface area (Å²) in [5.41, 5.74) is 7.95. The van der Waals surface area contributed by atoms with Gasteiger partial charge in [0.15, 0.2) is 5.82 Å². The number of rotatable bonds is 4. The van der Waals surface area contributed by atoms with Crippen molar-refractivity contribution in [2.75, 3.05) is 5.73 Å². The molecular formula is C16H18ClFN4. The molecule has 0 atom stereocenters. The number of nitrogen functional groups attached to an aromatic ring is 1. The molecule has 0 fully saturated rings. The fourth-order valence-corrected chi connectivity index (χ4v) is 2.37. The third-order valence-electron chi connectivity index (χ3n) is 3.34. The summed E-state index contributed by atoms with van der Waals surface area (Å²) in [6.45, 7) is 5.82. The largest absolute Gasteiger partial charge is 0.396 e. The lowest BCUT2D eigenvalue weighted by atomic mass is 10.0. The van der Waals surface area contributed by atoms with Crippen molar-refractivity contribution in [2.45, 2.75) is 26.8 Å². The van der Waals surface area contributed by atoms with Crippen LogP contribution in [0.1, 0.15) is 32.4 Å². The SMILES string of the molecule is CC(=CC=N)c1cn(C(C)C)nc1-c1cc(Cl)cc(N)c1F. The number of anilines is 1. The molecular weight excluding hydrogens is 303 g/mol. The lowest BCUT2D eigenvalue weighted by molar-refractivity contribution is 0.533. The van der Waals surface area contributed by atoms with Gasteiger partial charge in [0.25, 0.3) is 0 Å². The Morgan fingerprint density at radius 1 is 1.45 bits per heavy atom. The van der Waals surface area contributed by atoms with Gasteiger partial charge in [-0.25, -0.2) is 4.39 Å². The van der Waals surface area contributed by atoms with Crippen molar-refractivity contribution in [2.24, 2.45) is 0 Å². The number of allylic oxidation sites excluding steroid dienone is 2. The van der Waals surface area contributed by atoms with E-state index in [9.17, 15) is 4.39 Å². The Balaban J connectivity index is 2.74. The van der Waals surface area contributed by atoms with E-state index in [-0.39, 0.29) is 17.3 Å². The topological polar surface area (TPSA) is 67.7 Å². The Labute approximate surface area is 133 Å². The first-order valence-corrected chi connectivity index (χ1v) is 7.24. The van der Waals surface area contributed by atoms with Gasteiger partial charge in [0.1, 0.15) is 5.69 Å². The van der Waals surface area contributed by atoms with Crippen molar-refractivity contribution in [3.63, 3.8) is 0 Å². The molecule has 0 radical (unpaired) electrons. The minimum atomic E-state index is -0.540. The van der Waals surface area contributed by atoms with E-state index >= 15 is 0 Å². The summed E-state index contributed by atoms with van der Waals surface area (Å²) in [5, 5.41) is 12.0. The molecule has 6 heteroatoms. The van der Waals surface area contributed by atoms with E-state index < -0.39 is 5.82 Å². The minimum absolute atomic E-state index is 0.0127. The molecule has 1 aromatic carbocycles. The summed E-state index contributed by atoms with van der Waals surface area (Å²) in [4.78, 5) is 0. The minimum Gasteiger partial charge on any atom is -0.396 e. The number of nitrogens with one attached hydrogen (secondary N) is 1. The second-order valence-corrected chi connectivity index (χ2v) is 5.77. The number of halogens is 2. The molecule has 3 N–H and O–H groups in total. The lowest BCUT2D eigenvalue weighted by Gasteiger charge is -2.07. The van der Waals surface area contributed by atoms with Crippen LogP contribution >= 0.6 is 11.6 Å². The van der Waals surface area contributed by atoms with Crippen LogP contribution in [-0.4, -0.2) is 16.0 Å². The highest BCUT2D eigenvalue weighted by Gasteiger charge is 2.19. The van der Waals surface area contributed by atoms with E-state index in [0.29, 0.717) is 10.7 Å². The van der Waals surface area contributed by atoms with Crippen molar-refractivity contribution in [1.82, 2.24) is 9.78 Å². The molecule has 4 nitrogen and oxygen atoms in total. The van der Waals surface area contributed by atoms with Gasteiger partial charge < -0.3 is 11.1 Å². The van der Waals surface area contributed by atoms with Gasteiger partial charge in [0.2, 0.25) is 0 Å². The molecule has 22 heavy (non-hydrogen) atoms. The quantitative estimate of drug-likeness (QED) is 0.640. The lowest BCUT2D eigenvalue weighted by Crippen LogP contribution is -2.01. The highest BCUT2D eigenvalue weighted by Crippen LogP contribution is 2.34. The zero-order chi connectivity index (χ0) is 16.4. The highest BCUT2D eigenvalue weighted by atomic mass is 35.5. The van der Waals surface area contributed by atoms with Gasteiger partial charge in [-0.2, -0.15) is 5.10 Å². The number of hydrogen-bond acceptors (Lipinski definition) is 3. The summed E-state index contributed by atoms with van der Waals surface area (Å²) < 4.78 is 16.2. The van der Waals surface area contributed by atoms with Gasteiger partial charge in [0, 0.05) is 34.6 Å².